The first-order valence-electron chi connectivity index (χ1n) is 21.1. The van der Waals surface area contributed by atoms with E-state index < -0.39 is 52.9 Å². The lowest BCUT2D eigenvalue weighted by Gasteiger charge is -2.27. The summed E-state index contributed by atoms with van der Waals surface area (Å²) in [5.41, 5.74) is 7.66. The molecule has 3 heterocycles. The highest BCUT2D eigenvalue weighted by Crippen LogP contribution is 2.49. The molecule has 344 valence electrons. The van der Waals surface area contributed by atoms with E-state index in [2.05, 4.69) is 32.1 Å². The van der Waals surface area contributed by atoms with Crippen molar-refractivity contribution >= 4 is 70.7 Å². The molecule has 14 nitrogen and oxygen atoms in total. The van der Waals surface area contributed by atoms with Crippen molar-refractivity contribution in [3.05, 3.63) is 123 Å². The summed E-state index contributed by atoms with van der Waals surface area (Å²) in [4.78, 5) is 18.2. The van der Waals surface area contributed by atoms with Crippen LogP contribution in [0.15, 0.2) is 106 Å². The fourth-order valence-electron chi connectivity index (χ4n) is 8.79. The molecule has 0 fully saturated rings. The first-order valence-corrected chi connectivity index (χ1v) is 26.2. The number of allylic oxidation sites excluding steroid dienone is 8. The average Bonchev–Trinajstić information content (AvgIpc) is 3.78. The van der Waals surface area contributed by atoms with Crippen LogP contribution in [-0.2, 0) is 58.9 Å². The number of hydrogen-bond donors (Lipinski definition) is 4. The molecule has 4 N–H and O–H groups in total. The molecule has 0 unspecified atom stereocenters. The van der Waals surface area contributed by atoms with Crippen LogP contribution in [0.3, 0.4) is 0 Å². The van der Waals surface area contributed by atoms with Gasteiger partial charge in [0, 0.05) is 29.8 Å². The first kappa shape index (κ1) is 49.0. The monoisotopic (exact) mass is 956 g/mol. The Kier molecular flexibility index (Phi) is 14.7. The molecule has 0 saturated carbocycles. The number of aliphatic imine (C=N–C) groups is 1. The highest BCUT2D eigenvalue weighted by molar-refractivity contribution is 7.86. The summed E-state index contributed by atoms with van der Waals surface area (Å²) in [6.45, 7) is 8.87. The summed E-state index contributed by atoms with van der Waals surface area (Å²) < 4.78 is 101. The fourth-order valence-corrected chi connectivity index (χ4v) is 10.7. The lowest BCUT2D eigenvalue weighted by atomic mass is 9.82. The zero-order chi connectivity index (χ0) is 46.8. The summed E-state index contributed by atoms with van der Waals surface area (Å²) >= 11 is 6.59. The Balaban J connectivity index is 1.41. The van der Waals surface area contributed by atoms with Gasteiger partial charge in [0.15, 0.2) is 5.71 Å². The molecule has 6 rings (SSSR count). The molecular weight excluding hydrogens is 902 g/mol. The number of pyridine rings is 1. The smallest absolute Gasteiger partial charge is 0.327 e. The van der Waals surface area contributed by atoms with Crippen molar-refractivity contribution in [2.24, 2.45) is 4.99 Å². The number of fused-ring (bicyclic) bond motifs is 2. The minimum atomic E-state index is -4.51. The molecule has 0 bridgehead atoms. The van der Waals surface area contributed by atoms with Crippen molar-refractivity contribution in [3.63, 3.8) is 0 Å². The summed E-state index contributed by atoms with van der Waals surface area (Å²) in [6, 6.07) is 14.4. The largest absolute Gasteiger partial charge is 0.481 e. The van der Waals surface area contributed by atoms with Gasteiger partial charge in [-0.2, -0.15) is 25.3 Å². The fraction of sp³-hybridized carbons (Fsp3) is 0.413. The van der Waals surface area contributed by atoms with Crippen LogP contribution < -0.4 is 9.47 Å². The molecule has 3 aromatic rings. The number of anilines is 1. The maximum Gasteiger partial charge on any atom is 0.327 e. The summed E-state index contributed by atoms with van der Waals surface area (Å²) in [6.07, 6.45) is 13.8. The molecule has 2 aromatic carbocycles. The Morgan fingerprint density at radius 3 is 2.20 bits per heavy atom. The first-order chi connectivity index (χ1) is 29.8. The molecule has 3 aliphatic rings. The van der Waals surface area contributed by atoms with Gasteiger partial charge >= 0.3 is 11.8 Å². The van der Waals surface area contributed by atoms with Crippen LogP contribution in [0, 0.1) is 0 Å². The van der Waals surface area contributed by atoms with Gasteiger partial charge in [-0.3, -0.25) is 18.5 Å². The van der Waals surface area contributed by atoms with E-state index in [1.165, 1.54) is 12.1 Å². The number of benzene rings is 2. The van der Waals surface area contributed by atoms with E-state index in [4.69, 9.17) is 16.6 Å². The van der Waals surface area contributed by atoms with E-state index in [0.29, 0.717) is 68.0 Å². The van der Waals surface area contributed by atoms with Gasteiger partial charge in [0.25, 0.3) is 30.4 Å². The van der Waals surface area contributed by atoms with Crippen LogP contribution in [0.4, 0.5) is 11.5 Å². The molecule has 2 aliphatic heterocycles. The highest BCUT2D eigenvalue weighted by atomic mass is 35.5. The summed E-state index contributed by atoms with van der Waals surface area (Å²) in [5.74, 6) is -0.875. The predicted octanol–water partition coefficient (Wildman–Crippen LogP) is 8.39. The van der Waals surface area contributed by atoms with Crippen molar-refractivity contribution in [1.29, 1.82) is 0 Å². The molecule has 0 amide bonds. The third-order valence-corrected chi connectivity index (χ3v) is 14.8. The lowest BCUT2D eigenvalue weighted by molar-refractivity contribution is -0.684. The third-order valence-electron chi connectivity index (χ3n) is 12.1. The molecule has 0 saturated heterocycles. The van der Waals surface area contributed by atoms with Crippen LogP contribution in [0.5, 0.6) is 0 Å². The zero-order valence-electron chi connectivity index (χ0n) is 36.3. The number of aryl methyl sites for hydroxylation is 2. The Morgan fingerprint density at radius 1 is 0.828 bits per heavy atom. The second-order valence-corrected chi connectivity index (χ2v) is 22.6. The van der Waals surface area contributed by atoms with Gasteiger partial charge in [-0.1, -0.05) is 61.9 Å². The second kappa shape index (κ2) is 19.2. The van der Waals surface area contributed by atoms with Crippen LogP contribution in [0.1, 0.15) is 101 Å². The molecular formula is C46H55ClN3O11S3+. The van der Waals surface area contributed by atoms with Gasteiger partial charge in [0.05, 0.1) is 38.9 Å². The van der Waals surface area contributed by atoms with E-state index in [0.717, 1.165) is 50.5 Å². The molecule has 1 aliphatic carbocycles. The highest BCUT2D eigenvalue weighted by Gasteiger charge is 2.43. The number of aromatic nitrogens is 1. The number of carboxylic acids is 1. The van der Waals surface area contributed by atoms with E-state index in [1.54, 1.807) is 12.3 Å². The Morgan fingerprint density at radius 2 is 1.53 bits per heavy atom. The third kappa shape index (κ3) is 11.7. The summed E-state index contributed by atoms with van der Waals surface area (Å²) in [7, 11) is -12.7. The predicted molar refractivity (Wildman–Crippen MR) is 248 cm³/mol. The van der Waals surface area contributed by atoms with Crippen molar-refractivity contribution in [2.75, 3.05) is 23.0 Å². The lowest BCUT2D eigenvalue weighted by Crippen LogP contribution is -2.35. The van der Waals surface area contributed by atoms with E-state index in [-0.39, 0.29) is 29.9 Å². The van der Waals surface area contributed by atoms with Crippen molar-refractivity contribution < 1.29 is 53.4 Å². The number of nitrogens with zero attached hydrogens (tertiary/aromatic N) is 3. The molecule has 0 radical (unpaired) electrons. The average molecular weight is 958 g/mol. The SMILES string of the molecule is CC1(C)C(/C=C\C2=C(c3cccc(CCCC(=O)O)c3)C(=C/C=C3\N(CCCCS(=O)(=O)O)c4ccc(S(=O)(=O)O)cc4C3(C)C)/CC2)=Nc2c1cc(Cl)c[n+]2CCCCS(=O)(=O)O. The van der Waals surface area contributed by atoms with Gasteiger partial charge in [-0.05, 0) is 140 Å². The number of aliphatic carboxylic acids is 1. The second-order valence-electron chi connectivity index (χ2n) is 17.6. The topological polar surface area (TPSA) is 220 Å². The number of halogens is 1. The number of hydrogen-bond acceptors (Lipinski definition) is 9. The van der Waals surface area contributed by atoms with Crippen LogP contribution >= 0.6 is 11.6 Å². The van der Waals surface area contributed by atoms with Crippen molar-refractivity contribution in [3.8, 4) is 0 Å². The van der Waals surface area contributed by atoms with Gasteiger partial charge in [-0.25, -0.2) is 4.57 Å². The molecule has 64 heavy (non-hydrogen) atoms. The Hall–Kier alpha value is -4.49. The Bertz CT molecular complexity index is 2840. The number of carbonyl (C=O) groups is 1. The van der Waals surface area contributed by atoms with Crippen LogP contribution in [0.2, 0.25) is 5.02 Å². The van der Waals surface area contributed by atoms with Gasteiger partial charge < -0.3 is 10.0 Å². The van der Waals surface area contributed by atoms with Crippen molar-refractivity contribution in [2.45, 2.75) is 108 Å². The van der Waals surface area contributed by atoms with Crippen LogP contribution in [0.25, 0.3) is 5.57 Å². The molecule has 0 atom stereocenters. The number of rotatable bonds is 19. The van der Waals surface area contributed by atoms with E-state index >= 15 is 0 Å². The van der Waals surface area contributed by atoms with Gasteiger partial charge in [0.1, 0.15) is 6.20 Å². The Labute approximate surface area is 381 Å². The zero-order valence-corrected chi connectivity index (χ0v) is 39.5. The van der Waals surface area contributed by atoms with Gasteiger partial charge in [-0.15, -0.1) is 0 Å². The quantitative estimate of drug-likeness (QED) is 0.0506. The maximum absolute atomic E-state index is 12.2. The van der Waals surface area contributed by atoms with E-state index in [1.807, 2.05) is 59.7 Å². The normalized spacial score (nSPS) is 18.4. The summed E-state index contributed by atoms with van der Waals surface area (Å²) in [5, 5.41) is 9.80. The van der Waals surface area contributed by atoms with Crippen molar-refractivity contribution in [1.82, 2.24) is 0 Å². The molecule has 0 spiro atoms. The molecule has 18 heteroatoms. The maximum atomic E-state index is 12.2. The van der Waals surface area contributed by atoms with E-state index in [9.17, 15) is 48.8 Å². The minimum absolute atomic E-state index is 0.0475. The standard InChI is InChI=1S/C46H54ClN3O11S3/c1-45(2)38-28-35(47)30-49(23-5-7-25-62(53,54)55)44(38)48-40(45)21-17-32-15-16-33(43(32)34-13-9-11-31(27-34)12-10-14-42(51)52)18-22-41-46(3,4)37-29-36(64(59,60)61)19-20-39(37)50(41)24-6-8-26-63(56,57)58/h9,11,13,17-22,27-30H,5-8,10,12,14-16,23-26H2,1-4H3,(H3-,51,52,53,54,55,56,57,58,59,60,61)/p+1. The minimum Gasteiger partial charge on any atom is -0.481 e. The number of unbranched alkanes of at least 4 members (excludes halogenated alkanes) is 2. The molecule has 1 aromatic heterocycles. The number of carboxylic acid groups (broad SMARTS) is 1. The van der Waals surface area contributed by atoms with Crippen LogP contribution in [-0.4, -0.2) is 73.7 Å². The van der Waals surface area contributed by atoms with Gasteiger partial charge in [0.2, 0.25) is 0 Å².